The molecule has 1 aliphatic rings. The standard InChI is InChI=1S/C32H27BrF4N2O3/c1-40-24-13-8-21(9-14-24)31(20-6-4-3-5-7-20,22-10-15-25(41-2)16-11-22)38-30-39-32(29(36)37,28(35)19-42-30)26-18-23(33)12-17-27(26)34/h3-18,28-29H,19H2,1-2H3,(H,38,39)/t28-,32-/m1/s1. The van der Waals surface area contributed by atoms with Gasteiger partial charge in [0.2, 0.25) is 0 Å². The van der Waals surface area contributed by atoms with Gasteiger partial charge >= 0.3 is 0 Å². The molecule has 0 saturated heterocycles. The fraction of sp³-hybridized carbons (Fsp3) is 0.219. The topological polar surface area (TPSA) is 52.1 Å². The Hall–Kier alpha value is -4.05. The van der Waals surface area contributed by atoms with Crippen LogP contribution in [0.5, 0.6) is 11.5 Å². The predicted octanol–water partition coefficient (Wildman–Crippen LogP) is 7.37. The third-order valence-corrected chi connectivity index (χ3v) is 7.86. The Morgan fingerprint density at radius 1 is 0.881 bits per heavy atom. The van der Waals surface area contributed by atoms with Crippen molar-refractivity contribution in [3.63, 3.8) is 0 Å². The van der Waals surface area contributed by atoms with Crippen LogP contribution in [0.4, 0.5) is 17.6 Å². The minimum absolute atomic E-state index is 0.303. The summed E-state index contributed by atoms with van der Waals surface area (Å²) in [5.74, 6) is 0.193. The number of hydrogen-bond acceptors (Lipinski definition) is 5. The molecule has 0 radical (unpaired) electrons. The number of rotatable bonds is 8. The highest BCUT2D eigenvalue weighted by atomic mass is 79.9. The van der Waals surface area contributed by atoms with Crippen LogP contribution < -0.4 is 14.8 Å². The maximum atomic E-state index is 15.5. The molecule has 218 valence electrons. The number of ether oxygens (including phenoxy) is 3. The Morgan fingerprint density at radius 3 is 1.95 bits per heavy atom. The minimum atomic E-state index is -3.40. The fourth-order valence-corrected chi connectivity index (χ4v) is 5.56. The van der Waals surface area contributed by atoms with Crippen LogP contribution in [0.2, 0.25) is 0 Å². The number of halogens is 5. The zero-order chi connectivity index (χ0) is 29.9. The summed E-state index contributed by atoms with van der Waals surface area (Å²) >= 11 is 3.19. The summed E-state index contributed by atoms with van der Waals surface area (Å²) in [6.07, 6.45) is -5.73. The van der Waals surface area contributed by atoms with Crippen LogP contribution in [0.25, 0.3) is 0 Å². The largest absolute Gasteiger partial charge is 0.497 e. The predicted molar refractivity (Wildman–Crippen MR) is 156 cm³/mol. The zero-order valence-electron chi connectivity index (χ0n) is 22.7. The molecule has 5 nitrogen and oxygen atoms in total. The molecule has 0 aromatic heterocycles. The average Bonchev–Trinajstić information content (AvgIpc) is 3.02. The first kappa shape index (κ1) is 29.4. The molecule has 1 N–H and O–H groups in total. The van der Waals surface area contributed by atoms with Crippen molar-refractivity contribution in [2.75, 3.05) is 20.8 Å². The van der Waals surface area contributed by atoms with Crippen molar-refractivity contribution in [2.45, 2.75) is 23.7 Å². The van der Waals surface area contributed by atoms with Crippen LogP contribution in [0.3, 0.4) is 0 Å². The van der Waals surface area contributed by atoms with Gasteiger partial charge in [0.05, 0.1) is 14.2 Å². The molecule has 4 aromatic carbocycles. The van der Waals surface area contributed by atoms with E-state index in [9.17, 15) is 8.78 Å². The summed E-state index contributed by atoms with van der Waals surface area (Å²) < 4.78 is 77.1. The molecule has 0 unspecified atom stereocenters. The quantitative estimate of drug-likeness (QED) is 0.161. The van der Waals surface area contributed by atoms with Gasteiger partial charge in [0.1, 0.15) is 29.5 Å². The number of amidine groups is 1. The third-order valence-electron chi connectivity index (χ3n) is 7.37. The molecule has 0 spiro atoms. The van der Waals surface area contributed by atoms with Crippen molar-refractivity contribution in [1.29, 1.82) is 0 Å². The van der Waals surface area contributed by atoms with Crippen molar-refractivity contribution in [1.82, 2.24) is 5.32 Å². The Balaban J connectivity index is 1.77. The number of methoxy groups -OCH3 is 2. The van der Waals surface area contributed by atoms with E-state index in [0.29, 0.717) is 32.7 Å². The Morgan fingerprint density at radius 2 is 1.43 bits per heavy atom. The zero-order valence-corrected chi connectivity index (χ0v) is 24.2. The van der Waals surface area contributed by atoms with E-state index in [1.807, 2.05) is 54.6 Å². The van der Waals surface area contributed by atoms with Crippen LogP contribution >= 0.6 is 15.9 Å². The van der Waals surface area contributed by atoms with Gasteiger partial charge in [0.15, 0.2) is 11.7 Å². The SMILES string of the molecule is COc1ccc(C(NC2=N[C@@](c3cc(Br)ccc3F)(C(F)F)[C@H](F)CO2)(c2ccccc2)c2ccc(OC)cc2)cc1. The molecule has 4 aromatic rings. The monoisotopic (exact) mass is 642 g/mol. The van der Waals surface area contributed by atoms with E-state index in [0.717, 1.165) is 12.1 Å². The lowest BCUT2D eigenvalue weighted by molar-refractivity contribution is -0.0319. The van der Waals surface area contributed by atoms with Gasteiger partial charge in [-0.3, -0.25) is 0 Å². The normalized spacial score (nSPS) is 18.7. The van der Waals surface area contributed by atoms with Crippen molar-refractivity contribution >= 4 is 22.0 Å². The highest BCUT2D eigenvalue weighted by molar-refractivity contribution is 9.10. The van der Waals surface area contributed by atoms with E-state index in [-0.39, 0.29) is 6.02 Å². The van der Waals surface area contributed by atoms with E-state index in [2.05, 4.69) is 26.2 Å². The highest BCUT2D eigenvalue weighted by Crippen LogP contribution is 2.44. The van der Waals surface area contributed by atoms with E-state index in [1.54, 1.807) is 38.5 Å². The molecule has 1 aliphatic heterocycles. The van der Waals surface area contributed by atoms with E-state index in [1.165, 1.54) is 6.07 Å². The molecule has 0 aliphatic carbocycles. The molecule has 42 heavy (non-hydrogen) atoms. The summed E-state index contributed by atoms with van der Waals surface area (Å²) in [7, 11) is 3.09. The number of nitrogens with zero attached hydrogens (tertiary/aromatic N) is 1. The van der Waals surface area contributed by atoms with Crippen LogP contribution in [-0.4, -0.2) is 39.4 Å². The number of hydrogen-bond donors (Lipinski definition) is 1. The van der Waals surface area contributed by atoms with Crippen molar-refractivity contribution < 1.29 is 31.8 Å². The maximum Gasteiger partial charge on any atom is 0.287 e. The molecule has 1 heterocycles. The van der Waals surface area contributed by atoms with Crippen LogP contribution in [-0.2, 0) is 15.8 Å². The maximum absolute atomic E-state index is 15.5. The number of benzene rings is 4. The second-order valence-corrected chi connectivity index (χ2v) is 10.6. The number of alkyl halides is 3. The lowest BCUT2D eigenvalue weighted by Gasteiger charge is -2.41. The number of aliphatic imine (C=N–C) groups is 1. The number of nitrogens with one attached hydrogen (secondary N) is 1. The van der Waals surface area contributed by atoms with Crippen LogP contribution in [0, 0.1) is 5.82 Å². The minimum Gasteiger partial charge on any atom is -0.497 e. The van der Waals surface area contributed by atoms with Crippen molar-refractivity contribution in [3.8, 4) is 11.5 Å². The van der Waals surface area contributed by atoms with Gasteiger partial charge < -0.3 is 19.5 Å². The second-order valence-electron chi connectivity index (χ2n) is 9.64. The Kier molecular flexibility index (Phi) is 8.45. The lowest BCUT2D eigenvalue weighted by Crippen LogP contribution is -2.55. The van der Waals surface area contributed by atoms with Crippen molar-refractivity contribution in [2.24, 2.45) is 4.99 Å². The van der Waals surface area contributed by atoms with E-state index >= 15 is 8.78 Å². The van der Waals surface area contributed by atoms with Gasteiger partial charge in [-0.1, -0.05) is 70.5 Å². The molecule has 10 heteroatoms. The van der Waals surface area contributed by atoms with E-state index < -0.39 is 41.7 Å². The molecule has 0 bridgehead atoms. The summed E-state index contributed by atoms with van der Waals surface area (Å²) in [6.45, 7) is -0.780. The van der Waals surface area contributed by atoms with Gasteiger partial charge in [-0.25, -0.2) is 22.6 Å². The molecule has 0 amide bonds. The molecule has 2 atom stereocenters. The first-order chi connectivity index (χ1) is 20.2. The summed E-state index contributed by atoms with van der Waals surface area (Å²) in [4.78, 5) is 4.14. The van der Waals surface area contributed by atoms with Gasteiger partial charge in [0.25, 0.3) is 12.4 Å². The summed E-state index contributed by atoms with van der Waals surface area (Å²) in [5, 5.41) is 3.24. The Labute approximate surface area is 249 Å². The van der Waals surface area contributed by atoms with Crippen molar-refractivity contribution in [3.05, 3.63) is 130 Å². The molecular weight excluding hydrogens is 616 g/mol. The van der Waals surface area contributed by atoms with Gasteiger partial charge in [-0.05, 0) is 59.2 Å². The van der Waals surface area contributed by atoms with Crippen LogP contribution in [0.15, 0.2) is 107 Å². The lowest BCUT2D eigenvalue weighted by atomic mass is 9.77. The van der Waals surface area contributed by atoms with Gasteiger partial charge in [0, 0.05) is 10.0 Å². The first-order valence-electron chi connectivity index (χ1n) is 13.0. The second kappa shape index (κ2) is 12.1. The molecule has 0 fully saturated rings. The fourth-order valence-electron chi connectivity index (χ4n) is 5.20. The molecule has 0 saturated carbocycles. The molecule has 5 rings (SSSR count). The van der Waals surface area contributed by atoms with E-state index in [4.69, 9.17) is 14.2 Å². The molecular formula is C32H27BrF4N2O3. The smallest absolute Gasteiger partial charge is 0.287 e. The van der Waals surface area contributed by atoms with Gasteiger partial charge in [-0.2, -0.15) is 0 Å². The summed E-state index contributed by atoms with van der Waals surface area (Å²) in [5.41, 5.74) is -2.69. The van der Waals surface area contributed by atoms with Crippen LogP contribution in [0.1, 0.15) is 22.3 Å². The van der Waals surface area contributed by atoms with Gasteiger partial charge in [-0.15, -0.1) is 0 Å². The average molecular weight is 643 g/mol. The first-order valence-corrected chi connectivity index (χ1v) is 13.8. The summed E-state index contributed by atoms with van der Waals surface area (Å²) in [6, 6.07) is 26.6. The third kappa shape index (κ3) is 5.19. The highest BCUT2D eigenvalue weighted by Gasteiger charge is 2.55. The Bertz CT molecular complexity index is 1510.